The molecule has 0 amide bonds. The second-order valence-electron chi connectivity index (χ2n) is 13.4. The number of aliphatic hydroxyl groups excluding tert-OH is 1. The third-order valence-corrected chi connectivity index (χ3v) is 9.65. The van der Waals surface area contributed by atoms with Gasteiger partial charge in [0, 0.05) is 55.5 Å². The van der Waals surface area contributed by atoms with Crippen LogP contribution in [0.3, 0.4) is 0 Å². The van der Waals surface area contributed by atoms with Gasteiger partial charge in [0.05, 0.1) is 43.3 Å². The third kappa shape index (κ3) is 7.52. The minimum absolute atomic E-state index is 0.0577. The largest absolute Gasteiger partial charge is 0.493 e. The lowest BCUT2D eigenvalue weighted by atomic mass is 9.82. The fourth-order valence-corrected chi connectivity index (χ4v) is 6.60. The van der Waals surface area contributed by atoms with E-state index in [0.29, 0.717) is 18.4 Å². The molecule has 1 aliphatic rings. The van der Waals surface area contributed by atoms with Crippen molar-refractivity contribution >= 4 is 22.6 Å². The van der Waals surface area contributed by atoms with E-state index in [1.54, 1.807) is 30.3 Å². The summed E-state index contributed by atoms with van der Waals surface area (Å²) >= 11 is 0. The number of esters is 1. The zero-order valence-corrected chi connectivity index (χ0v) is 29.5. The number of halogens is 3. The van der Waals surface area contributed by atoms with Crippen LogP contribution in [0.15, 0.2) is 66.9 Å². The van der Waals surface area contributed by atoms with E-state index >= 15 is 0 Å². The average Bonchev–Trinajstić information content (AvgIpc) is 3.49. The molecule has 1 saturated heterocycles. The lowest BCUT2D eigenvalue weighted by Gasteiger charge is -2.39. The lowest BCUT2D eigenvalue weighted by Crippen LogP contribution is -2.53. The highest BCUT2D eigenvalue weighted by molar-refractivity contribution is 5.87. The number of nitro groups is 1. The van der Waals surface area contributed by atoms with Gasteiger partial charge in [-0.3, -0.25) is 19.8 Å². The van der Waals surface area contributed by atoms with Gasteiger partial charge in [0.25, 0.3) is 5.69 Å². The van der Waals surface area contributed by atoms with Crippen molar-refractivity contribution in [2.24, 2.45) is 5.41 Å². The summed E-state index contributed by atoms with van der Waals surface area (Å²) in [4.78, 5) is 24.8. The summed E-state index contributed by atoms with van der Waals surface area (Å²) in [7, 11) is 4.03. The van der Waals surface area contributed by atoms with Crippen LogP contribution in [0.4, 0.5) is 18.9 Å². The Labute approximate surface area is 298 Å². The molecule has 0 aliphatic carbocycles. The number of rotatable bonds is 13. The number of nitro benzene ring substituents is 1. The number of aliphatic hydroxyl groups is 2. The van der Waals surface area contributed by atoms with Gasteiger partial charge in [0.15, 0.2) is 11.5 Å². The van der Waals surface area contributed by atoms with Crippen LogP contribution in [0.2, 0.25) is 0 Å². The Morgan fingerprint density at radius 1 is 1.00 bits per heavy atom. The molecule has 52 heavy (non-hydrogen) atoms. The number of ether oxygens (including phenoxy) is 4. The number of non-ortho nitro benzene ring substituents is 1. The molecule has 1 aliphatic heterocycles. The number of nitrogens with zero attached hydrogens (tertiary/aromatic N) is 3. The molecule has 0 radical (unpaired) electrons. The Bertz CT molecular complexity index is 1880. The maximum Gasteiger partial charge on any atom is 0.422 e. The SMILES string of the molecule is COC(=O)C(C)(C)C(O)c1cc(OC)c(OC2CCN(CC(O)(c3cn(Cc4ccccc4)c4cc([N+](=O)[O-])ccc34)C(F)(F)F)CC2)c(OC)c1. The van der Waals surface area contributed by atoms with E-state index in [2.05, 4.69) is 0 Å². The molecular weight excluding hydrogens is 687 g/mol. The molecule has 3 aromatic carbocycles. The highest BCUT2D eigenvalue weighted by Crippen LogP contribution is 2.46. The highest BCUT2D eigenvalue weighted by atomic mass is 19.4. The van der Waals surface area contributed by atoms with E-state index in [1.165, 1.54) is 75.1 Å². The molecular formula is C37H42F3N3O9. The number of likely N-dealkylation sites (tertiary alicyclic amines) is 1. The van der Waals surface area contributed by atoms with Gasteiger partial charge in [-0.05, 0) is 56.0 Å². The number of alkyl halides is 3. The van der Waals surface area contributed by atoms with Gasteiger partial charge in [0.1, 0.15) is 6.10 Å². The summed E-state index contributed by atoms with van der Waals surface area (Å²) in [6, 6.07) is 15.6. The topological polar surface area (TPSA) is 146 Å². The first-order valence-corrected chi connectivity index (χ1v) is 16.6. The first kappa shape index (κ1) is 38.4. The van der Waals surface area contributed by atoms with Gasteiger partial charge in [-0.15, -0.1) is 0 Å². The van der Waals surface area contributed by atoms with Gasteiger partial charge in [0.2, 0.25) is 11.4 Å². The maximum atomic E-state index is 15.0. The zero-order valence-electron chi connectivity index (χ0n) is 29.5. The van der Waals surface area contributed by atoms with Crippen molar-refractivity contribution in [2.75, 3.05) is 41.0 Å². The molecule has 0 saturated carbocycles. The number of hydrogen-bond acceptors (Lipinski definition) is 10. The van der Waals surface area contributed by atoms with Gasteiger partial charge in [-0.25, -0.2) is 0 Å². The molecule has 12 nitrogen and oxygen atoms in total. The summed E-state index contributed by atoms with van der Waals surface area (Å²) in [5.41, 5.74) is -4.01. The minimum Gasteiger partial charge on any atom is -0.493 e. The van der Waals surface area contributed by atoms with Crippen LogP contribution >= 0.6 is 0 Å². The molecule has 2 unspecified atom stereocenters. The van der Waals surface area contributed by atoms with Crippen LogP contribution in [0.5, 0.6) is 17.2 Å². The first-order chi connectivity index (χ1) is 24.5. The Balaban J connectivity index is 1.38. The molecule has 2 heterocycles. The van der Waals surface area contributed by atoms with Crippen LogP contribution in [-0.4, -0.2) is 83.8 Å². The number of fused-ring (bicyclic) bond motifs is 1. The Morgan fingerprint density at radius 3 is 2.15 bits per heavy atom. The number of carbonyl (C=O) groups is 1. The van der Waals surface area contributed by atoms with Gasteiger partial charge in [-0.1, -0.05) is 30.3 Å². The lowest BCUT2D eigenvalue weighted by molar-refractivity contribution is -0.384. The molecule has 1 fully saturated rings. The number of β-amino-alcohol motifs (C(OH)–C–C–N with tert-alkyl or cyclic N) is 1. The van der Waals surface area contributed by atoms with Crippen LogP contribution < -0.4 is 14.2 Å². The fourth-order valence-electron chi connectivity index (χ4n) is 6.60. The predicted molar refractivity (Wildman–Crippen MR) is 184 cm³/mol. The smallest absolute Gasteiger partial charge is 0.422 e. The number of piperidine rings is 1. The highest BCUT2D eigenvalue weighted by Gasteiger charge is 2.57. The van der Waals surface area contributed by atoms with Crippen LogP contribution in [-0.2, 0) is 21.7 Å². The second-order valence-corrected chi connectivity index (χ2v) is 13.4. The molecule has 2 atom stereocenters. The number of methoxy groups -OCH3 is 3. The second kappa shape index (κ2) is 15.0. The standard InChI is InChI=1S/C37H42F3N3O9/c1-35(2,34(45)51-5)33(44)24-17-30(49-3)32(31(18-24)50-4)52-26-13-15-41(16-14-26)22-36(46,37(38,39)40)28-21-42(20-23-9-7-6-8-10-23)29-19-25(43(47)48)11-12-27(28)29/h6-12,17-19,21,26,33,44,46H,13-16,20,22H2,1-5H3. The quantitative estimate of drug-likeness (QED) is 0.0935. The van der Waals surface area contributed by atoms with Gasteiger partial charge >= 0.3 is 12.1 Å². The van der Waals surface area contributed by atoms with E-state index in [9.17, 15) is 38.3 Å². The number of carbonyl (C=O) groups excluding carboxylic acids is 1. The van der Waals surface area contributed by atoms with Crippen LogP contribution in [0, 0.1) is 15.5 Å². The van der Waals surface area contributed by atoms with Crippen LogP contribution in [0.25, 0.3) is 10.9 Å². The molecule has 15 heteroatoms. The molecule has 0 spiro atoms. The summed E-state index contributed by atoms with van der Waals surface area (Å²) in [6.45, 7) is 2.72. The number of aromatic nitrogens is 1. The van der Waals surface area contributed by atoms with Crippen molar-refractivity contribution < 1.29 is 52.0 Å². The summed E-state index contributed by atoms with van der Waals surface area (Å²) in [5, 5.41) is 34.3. The maximum absolute atomic E-state index is 15.0. The van der Waals surface area contributed by atoms with Crippen molar-refractivity contribution in [1.82, 2.24) is 9.47 Å². The van der Waals surface area contributed by atoms with E-state index in [0.717, 1.165) is 11.6 Å². The summed E-state index contributed by atoms with van der Waals surface area (Å²) < 4.78 is 68.7. The van der Waals surface area contributed by atoms with Gasteiger partial charge in [-0.2, -0.15) is 13.2 Å². The van der Waals surface area contributed by atoms with Crippen molar-refractivity contribution in [3.05, 3.63) is 93.7 Å². The van der Waals surface area contributed by atoms with E-state index in [1.807, 2.05) is 0 Å². The Hall–Kier alpha value is -4.86. The van der Waals surface area contributed by atoms with Crippen molar-refractivity contribution in [2.45, 2.75) is 57.2 Å². The number of hydrogen-bond donors (Lipinski definition) is 2. The molecule has 1 aromatic heterocycles. The first-order valence-electron chi connectivity index (χ1n) is 16.6. The summed E-state index contributed by atoms with van der Waals surface area (Å²) in [5.74, 6) is 0.0388. The van der Waals surface area contributed by atoms with E-state index < -0.39 is 52.4 Å². The average molecular weight is 730 g/mol. The zero-order chi connectivity index (χ0) is 38.0. The Morgan fingerprint density at radius 2 is 1.62 bits per heavy atom. The predicted octanol–water partition coefficient (Wildman–Crippen LogP) is 6.14. The molecule has 2 N–H and O–H groups in total. The van der Waals surface area contributed by atoms with Crippen LogP contribution in [0.1, 0.15) is 49.5 Å². The van der Waals surface area contributed by atoms with Crippen molar-refractivity contribution in [1.29, 1.82) is 0 Å². The Kier molecular flexibility index (Phi) is 11.1. The van der Waals surface area contributed by atoms with E-state index in [-0.39, 0.29) is 53.5 Å². The minimum atomic E-state index is -5.09. The van der Waals surface area contributed by atoms with Crippen molar-refractivity contribution in [3.8, 4) is 17.2 Å². The molecule has 280 valence electrons. The normalized spacial score (nSPS) is 16.3. The molecule has 4 aromatic rings. The van der Waals surface area contributed by atoms with Crippen molar-refractivity contribution in [3.63, 3.8) is 0 Å². The fraction of sp³-hybridized carbons (Fsp3) is 0.432. The molecule has 0 bridgehead atoms. The third-order valence-electron chi connectivity index (χ3n) is 9.65. The van der Waals surface area contributed by atoms with Gasteiger partial charge < -0.3 is 33.7 Å². The number of benzene rings is 3. The molecule has 5 rings (SSSR count). The summed E-state index contributed by atoms with van der Waals surface area (Å²) in [6.07, 6.45) is -5.02. The monoisotopic (exact) mass is 729 g/mol. The van der Waals surface area contributed by atoms with E-state index in [4.69, 9.17) is 18.9 Å².